The minimum atomic E-state index is -0.242. The summed E-state index contributed by atoms with van der Waals surface area (Å²) in [6.45, 7) is 1.55. The van der Waals surface area contributed by atoms with Crippen LogP contribution in [0.3, 0.4) is 0 Å². The van der Waals surface area contributed by atoms with Crippen molar-refractivity contribution in [3.63, 3.8) is 0 Å². The van der Waals surface area contributed by atoms with E-state index in [-0.39, 0.29) is 24.5 Å². The van der Waals surface area contributed by atoms with Crippen LogP contribution in [-0.4, -0.2) is 49.2 Å². The predicted octanol–water partition coefficient (Wildman–Crippen LogP) is 1.70. The molecule has 1 saturated heterocycles. The van der Waals surface area contributed by atoms with Gasteiger partial charge in [-0.1, -0.05) is 12.8 Å². The van der Waals surface area contributed by atoms with Crippen LogP contribution in [0.4, 0.5) is 0 Å². The van der Waals surface area contributed by atoms with E-state index in [0.29, 0.717) is 49.4 Å². The zero-order valence-electron chi connectivity index (χ0n) is 14.7. The molecule has 0 radical (unpaired) electrons. The average Bonchev–Trinajstić information content (AvgIpc) is 3.38. The summed E-state index contributed by atoms with van der Waals surface area (Å²) < 4.78 is 16.2. The summed E-state index contributed by atoms with van der Waals surface area (Å²) in [5.74, 6) is 1.87. The first kappa shape index (κ1) is 17.0. The number of carbonyl (C=O) groups excluding carboxylic acids is 2. The minimum absolute atomic E-state index is 0.0619. The van der Waals surface area contributed by atoms with E-state index in [1.807, 2.05) is 11.0 Å². The molecule has 1 atom stereocenters. The Morgan fingerprint density at radius 3 is 2.88 bits per heavy atom. The summed E-state index contributed by atoms with van der Waals surface area (Å²) in [6.07, 6.45) is 4.84. The van der Waals surface area contributed by atoms with Gasteiger partial charge in [0, 0.05) is 25.1 Å². The molecule has 2 amide bonds. The average molecular weight is 360 g/mol. The number of rotatable bonds is 6. The molecule has 7 heteroatoms. The quantitative estimate of drug-likeness (QED) is 0.782. The molecule has 2 fully saturated rings. The summed E-state index contributed by atoms with van der Waals surface area (Å²) in [4.78, 5) is 26.4. The van der Waals surface area contributed by atoms with Crippen LogP contribution < -0.4 is 19.5 Å². The van der Waals surface area contributed by atoms with Crippen LogP contribution in [0.2, 0.25) is 0 Å². The number of hydrogen-bond donors (Lipinski definition) is 1. The smallest absolute Gasteiger partial charge is 0.231 e. The molecule has 4 rings (SSSR count). The van der Waals surface area contributed by atoms with Gasteiger partial charge < -0.3 is 24.4 Å². The van der Waals surface area contributed by atoms with Crippen molar-refractivity contribution in [2.45, 2.75) is 38.1 Å². The lowest BCUT2D eigenvalue weighted by Gasteiger charge is -2.23. The molecule has 1 aliphatic carbocycles. The molecule has 7 nitrogen and oxygen atoms in total. The second-order valence-electron chi connectivity index (χ2n) is 7.04. The molecular formula is C19H24N2O5. The van der Waals surface area contributed by atoms with Crippen molar-refractivity contribution in [1.82, 2.24) is 10.2 Å². The first-order chi connectivity index (χ1) is 12.7. The lowest BCUT2D eigenvalue weighted by molar-refractivity contribution is -0.130. The Morgan fingerprint density at radius 1 is 1.23 bits per heavy atom. The fraction of sp³-hybridized carbons (Fsp3) is 0.579. The van der Waals surface area contributed by atoms with Gasteiger partial charge in [0.25, 0.3) is 0 Å². The molecule has 1 unspecified atom stereocenters. The molecule has 0 bridgehead atoms. The number of nitrogens with zero attached hydrogens (tertiary/aromatic N) is 1. The standard InChI is InChI=1S/C19H24N2O5/c22-18-9-13(11-21(18)14-3-1-2-4-14)19(23)20-7-8-24-15-5-6-16-17(10-15)26-12-25-16/h5-6,10,13-14H,1-4,7-9,11-12H2,(H,20,23). The van der Waals surface area contributed by atoms with Gasteiger partial charge in [-0.05, 0) is 25.0 Å². The van der Waals surface area contributed by atoms with E-state index in [1.165, 1.54) is 12.8 Å². The minimum Gasteiger partial charge on any atom is -0.492 e. The van der Waals surface area contributed by atoms with Gasteiger partial charge >= 0.3 is 0 Å². The molecule has 26 heavy (non-hydrogen) atoms. The highest BCUT2D eigenvalue weighted by atomic mass is 16.7. The maximum atomic E-state index is 12.3. The number of benzene rings is 1. The zero-order chi connectivity index (χ0) is 17.9. The number of nitrogens with one attached hydrogen (secondary N) is 1. The second-order valence-corrected chi connectivity index (χ2v) is 7.04. The van der Waals surface area contributed by atoms with E-state index in [0.717, 1.165) is 12.8 Å². The van der Waals surface area contributed by atoms with Crippen LogP contribution in [0.1, 0.15) is 32.1 Å². The summed E-state index contributed by atoms with van der Waals surface area (Å²) in [6, 6.07) is 5.73. The number of ether oxygens (including phenoxy) is 3. The molecular weight excluding hydrogens is 336 g/mol. The SMILES string of the molecule is O=C(NCCOc1ccc2c(c1)OCO2)C1CC(=O)N(C2CCCC2)C1. The Bertz CT molecular complexity index is 687. The molecule has 1 N–H and O–H groups in total. The van der Waals surface area contributed by atoms with E-state index < -0.39 is 0 Å². The Morgan fingerprint density at radius 2 is 2.04 bits per heavy atom. The van der Waals surface area contributed by atoms with Crippen molar-refractivity contribution in [2.24, 2.45) is 5.92 Å². The van der Waals surface area contributed by atoms with Crippen molar-refractivity contribution in [2.75, 3.05) is 26.5 Å². The van der Waals surface area contributed by atoms with Crippen molar-refractivity contribution in [3.05, 3.63) is 18.2 Å². The highest BCUT2D eigenvalue weighted by Gasteiger charge is 2.38. The van der Waals surface area contributed by atoms with Gasteiger partial charge in [-0.25, -0.2) is 0 Å². The number of hydrogen-bond acceptors (Lipinski definition) is 5. The summed E-state index contributed by atoms with van der Waals surface area (Å²) in [5.41, 5.74) is 0. The molecule has 2 heterocycles. The highest BCUT2D eigenvalue weighted by molar-refractivity contribution is 5.89. The lowest BCUT2D eigenvalue weighted by Crippen LogP contribution is -2.37. The van der Waals surface area contributed by atoms with Crippen LogP contribution in [-0.2, 0) is 9.59 Å². The number of carbonyl (C=O) groups is 2. The van der Waals surface area contributed by atoms with Gasteiger partial charge in [-0.15, -0.1) is 0 Å². The number of fused-ring (bicyclic) bond motifs is 1. The van der Waals surface area contributed by atoms with Crippen LogP contribution in [0.15, 0.2) is 18.2 Å². The van der Waals surface area contributed by atoms with Gasteiger partial charge in [-0.3, -0.25) is 9.59 Å². The Kier molecular flexibility index (Phi) is 4.86. The van der Waals surface area contributed by atoms with Crippen molar-refractivity contribution in [1.29, 1.82) is 0 Å². The summed E-state index contributed by atoms with van der Waals surface area (Å²) in [5, 5.41) is 2.88. The molecule has 0 aromatic heterocycles. The number of amides is 2. The van der Waals surface area contributed by atoms with E-state index in [2.05, 4.69) is 5.32 Å². The largest absolute Gasteiger partial charge is 0.492 e. The second kappa shape index (κ2) is 7.43. The zero-order valence-corrected chi connectivity index (χ0v) is 14.7. The predicted molar refractivity (Wildman–Crippen MR) is 93.1 cm³/mol. The molecule has 140 valence electrons. The lowest BCUT2D eigenvalue weighted by atomic mass is 10.1. The topological polar surface area (TPSA) is 77.1 Å². The van der Waals surface area contributed by atoms with Gasteiger partial charge in [0.05, 0.1) is 12.5 Å². The van der Waals surface area contributed by atoms with Crippen LogP contribution in [0.5, 0.6) is 17.2 Å². The third-order valence-electron chi connectivity index (χ3n) is 5.31. The maximum absolute atomic E-state index is 12.3. The Labute approximate surface area is 152 Å². The van der Waals surface area contributed by atoms with Gasteiger partial charge in [0.15, 0.2) is 11.5 Å². The Hall–Kier alpha value is -2.44. The molecule has 1 saturated carbocycles. The van der Waals surface area contributed by atoms with E-state index in [4.69, 9.17) is 14.2 Å². The van der Waals surface area contributed by atoms with Crippen LogP contribution in [0.25, 0.3) is 0 Å². The fourth-order valence-corrected chi connectivity index (χ4v) is 3.93. The van der Waals surface area contributed by atoms with E-state index in [1.54, 1.807) is 12.1 Å². The summed E-state index contributed by atoms with van der Waals surface area (Å²) >= 11 is 0. The van der Waals surface area contributed by atoms with Gasteiger partial charge in [0.1, 0.15) is 12.4 Å². The third-order valence-corrected chi connectivity index (χ3v) is 5.31. The molecule has 0 spiro atoms. The molecule has 3 aliphatic rings. The van der Waals surface area contributed by atoms with Gasteiger partial charge in [-0.2, -0.15) is 0 Å². The monoisotopic (exact) mass is 360 g/mol. The third kappa shape index (κ3) is 3.57. The normalized spacial score (nSPS) is 22.1. The van der Waals surface area contributed by atoms with Crippen LogP contribution >= 0.6 is 0 Å². The maximum Gasteiger partial charge on any atom is 0.231 e. The van der Waals surface area contributed by atoms with E-state index >= 15 is 0 Å². The van der Waals surface area contributed by atoms with Crippen molar-refractivity contribution in [3.8, 4) is 17.2 Å². The summed E-state index contributed by atoms with van der Waals surface area (Å²) in [7, 11) is 0. The van der Waals surface area contributed by atoms with Gasteiger partial charge in [0.2, 0.25) is 18.6 Å². The van der Waals surface area contributed by atoms with Crippen molar-refractivity contribution >= 4 is 11.8 Å². The number of likely N-dealkylation sites (tertiary alicyclic amines) is 1. The fourth-order valence-electron chi connectivity index (χ4n) is 3.93. The van der Waals surface area contributed by atoms with Crippen LogP contribution in [0, 0.1) is 5.92 Å². The molecule has 1 aromatic rings. The first-order valence-electron chi connectivity index (χ1n) is 9.30. The molecule has 2 aliphatic heterocycles. The first-order valence-corrected chi connectivity index (χ1v) is 9.30. The molecule has 1 aromatic carbocycles. The van der Waals surface area contributed by atoms with E-state index in [9.17, 15) is 9.59 Å². The highest BCUT2D eigenvalue weighted by Crippen LogP contribution is 2.35. The Balaban J connectivity index is 1.20. The van der Waals surface area contributed by atoms with Crippen molar-refractivity contribution < 1.29 is 23.8 Å².